The van der Waals surface area contributed by atoms with Gasteiger partial charge in [-0.25, -0.2) is 0 Å². The maximum atomic E-state index is 12.5. The van der Waals surface area contributed by atoms with Crippen LogP contribution in [0.2, 0.25) is 0 Å². The Bertz CT molecular complexity index is 939. The summed E-state index contributed by atoms with van der Waals surface area (Å²) in [5.41, 5.74) is 1.30. The van der Waals surface area contributed by atoms with Crippen LogP contribution >= 0.6 is 0 Å². The summed E-state index contributed by atoms with van der Waals surface area (Å²) in [5, 5.41) is 12.2. The summed E-state index contributed by atoms with van der Waals surface area (Å²) in [6.07, 6.45) is 2.24. The van der Waals surface area contributed by atoms with Gasteiger partial charge in [0.15, 0.2) is 11.5 Å². The van der Waals surface area contributed by atoms with E-state index in [1.807, 2.05) is 30.3 Å². The second-order valence-corrected chi connectivity index (χ2v) is 7.32. The molecular formula is C20H19N3O4. The van der Waals surface area contributed by atoms with Crippen LogP contribution in [0.15, 0.2) is 45.3 Å². The van der Waals surface area contributed by atoms with Gasteiger partial charge in [0.25, 0.3) is 0 Å². The lowest BCUT2D eigenvalue weighted by Gasteiger charge is -2.32. The highest BCUT2D eigenvalue weighted by molar-refractivity contribution is 5.95. The average Bonchev–Trinajstić information content (AvgIpc) is 3.27. The smallest absolute Gasteiger partial charge is 0.224 e. The van der Waals surface area contributed by atoms with Crippen LogP contribution in [0.1, 0.15) is 53.4 Å². The van der Waals surface area contributed by atoms with E-state index in [2.05, 4.69) is 15.4 Å². The minimum atomic E-state index is 0.0159. The standard InChI is InChI=1S/C20H19N3O4/c24-17(16-9-18(27-23-16)13-4-2-1-3-5-13)8-12-6-14(7-12)19-21-22-20(26-19)15-10-25-11-15/h1-5,9,12,14-15H,6-8,10-11H2. The molecule has 7 nitrogen and oxygen atoms in total. The second-order valence-electron chi connectivity index (χ2n) is 7.32. The number of hydrogen-bond donors (Lipinski definition) is 0. The Morgan fingerprint density at radius 3 is 2.48 bits per heavy atom. The largest absolute Gasteiger partial charge is 0.424 e. The third-order valence-electron chi connectivity index (χ3n) is 5.36. The monoisotopic (exact) mass is 365 g/mol. The SMILES string of the molecule is O=C(CC1CC(c2nnc(C3COC3)o2)C1)c1cc(-c2ccccc2)on1. The van der Waals surface area contributed by atoms with Gasteiger partial charge in [-0.15, -0.1) is 10.2 Å². The third-order valence-corrected chi connectivity index (χ3v) is 5.36. The Hall–Kier alpha value is -2.80. The number of benzene rings is 1. The summed E-state index contributed by atoms with van der Waals surface area (Å²) in [6, 6.07) is 11.4. The maximum absolute atomic E-state index is 12.5. The number of Topliss-reactive ketones (excluding diaryl/α,β-unsaturated/α-hetero) is 1. The fourth-order valence-electron chi connectivity index (χ4n) is 3.57. The summed E-state index contributed by atoms with van der Waals surface area (Å²) in [4.78, 5) is 12.5. The Morgan fingerprint density at radius 1 is 1.04 bits per heavy atom. The third kappa shape index (κ3) is 3.19. The lowest BCUT2D eigenvalue weighted by molar-refractivity contribution is -0.00322. The minimum absolute atomic E-state index is 0.0159. The Kier molecular flexibility index (Phi) is 4.09. The van der Waals surface area contributed by atoms with E-state index >= 15 is 0 Å². The van der Waals surface area contributed by atoms with Crippen LogP contribution in [-0.2, 0) is 4.74 Å². The van der Waals surface area contributed by atoms with Crippen LogP contribution in [0, 0.1) is 5.92 Å². The number of carbonyl (C=O) groups excluding carboxylic acids is 1. The summed E-state index contributed by atoms with van der Waals surface area (Å²) < 4.78 is 16.2. The van der Waals surface area contributed by atoms with Crippen LogP contribution in [0.25, 0.3) is 11.3 Å². The molecule has 3 heterocycles. The summed E-state index contributed by atoms with van der Waals surface area (Å²) in [5.74, 6) is 2.81. The van der Waals surface area contributed by atoms with E-state index in [1.165, 1.54) is 0 Å². The van der Waals surface area contributed by atoms with Crippen molar-refractivity contribution in [2.24, 2.45) is 5.92 Å². The van der Waals surface area contributed by atoms with E-state index in [-0.39, 0.29) is 17.6 Å². The number of hydrogen-bond acceptors (Lipinski definition) is 7. The molecule has 138 valence electrons. The van der Waals surface area contributed by atoms with Gasteiger partial charge in [0.2, 0.25) is 11.8 Å². The molecule has 1 aliphatic carbocycles. The number of ketones is 1. The van der Waals surface area contributed by atoms with Crippen LogP contribution < -0.4 is 0 Å². The first-order valence-electron chi connectivity index (χ1n) is 9.22. The number of carbonyl (C=O) groups is 1. The highest BCUT2D eigenvalue weighted by Crippen LogP contribution is 2.43. The van der Waals surface area contributed by atoms with Crippen molar-refractivity contribution in [1.29, 1.82) is 0 Å². The van der Waals surface area contributed by atoms with Crippen LogP contribution in [0.4, 0.5) is 0 Å². The molecule has 1 saturated heterocycles. The van der Waals surface area contributed by atoms with Gasteiger partial charge in [-0.05, 0) is 18.8 Å². The predicted octanol–water partition coefficient (Wildman–Crippen LogP) is 3.61. The van der Waals surface area contributed by atoms with E-state index in [9.17, 15) is 4.79 Å². The quantitative estimate of drug-likeness (QED) is 0.616. The first kappa shape index (κ1) is 16.4. The molecule has 0 spiro atoms. The summed E-state index contributed by atoms with van der Waals surface area (Å²) >= 11 is 0. The molecule has 2 aliphatic rings. The van der Waals surface area contributed by atoms with E-state index in [1.54, 1.807) is 6.07 Å². The molecule has 1 saturated carbocycles. The first-order chi connectivity index (χ1) is 13.3. The number of nitrogens with zero attached hydrogens (tertiary/aromatic N) is 3. The van der Waals surface area contributed by atoms with Crippen molar-refractivity contribution in [3.63, 3.8) is 0 Å². The van der Waals surface area contributed by atoms with Crippen molar-refractivity contribution >= 4 is 5.78 Å². The lowest BCUT2D eigenvalue weighted by Crippen LogP contribution is -2.25. The van der Waals surface area contributed by atoms with Gasteiger partial charge in [-0.1, -0.05) is 35.5 Å². The van der Waals surface area contributed by atoms with Gasteiger partial charge >= 0.3 is 0 Å². The van der Waals surface area contributed by atoms with E-state index in [4.69, 9.17) is 13.7 Å². The van der Waals surface area contributed by atoms with Gasteiger partial charge < -0.3 is 13.7 Å². The molecule has 27 heavy (non-hydrogen) atoms. The maximum Gasteiger partial charge on any atom is 0.224 e. The lowest BCUT2D eigenvalue weighted by atomic mass is 9.72. The van der Waals surface area contributed by atoms with Gasteiger partial charge in [0, 0.05) is 24.0 Å². The minimum Gasteiger partial charge on any atom is -0.424 e. The topological polar surface area (TPSA) is 91.2 Å². The van der Waals surface area contributed by atoms with Crippen LogP contribution in [0.5, 0.6) is 0 Å². The number of aromatic nitrogens is 3. The molecule has 1 aliphatic heterocycles. The molecule has 0 N–H and O–H groups in total. The molecule has 0 radical (unpaired) electrons. The van der Waals surface area contributed by atoms with Crippen molar-refractivity contribution in [1.82, 2.24) is 15.4 Å². The Balaban J connectivity index is 1.16. The van der Waals surface area contributed by atoms with Crippen molar-refractivity contribution in [2.45, 2.75) is 31.1 Å². The Labute approximate surface area is 155 Å². The van der Waals surface area contributed by atoms with Gasteiger partial charge in [0.05, 0.1) is 19.1 Å². The van der Waals surface area contributed by atoms with E-state index < -0.39 is 0 Å². The molecular weight excluding hydrogens is 346 g/mol. The fraction of sp³-hybridized carbons (Fsp3) is 0.400. The van der Waals surface area contributed by atoms with Crippen LogP contribution in [0.3, 0.4) is 0 Å². The summed E-state index contributed by atoms with van der Waals surface area (Å²) in [7, 11) is 0. The molecule has 0 unspecified atom stereocenters. The van der Waals surface area contributed by atoms with Gasteiger partial charge in [0.1, 0.15) is 5.69 Å². The second kappa shape index (κ2) is 6.74. The zero-order valence-electron chi connectivity index (χ0n) is 14.7. The average molecular weight is 365 g/mol. The first-order valence-corrected chi connectivity index (χ1v) is 9.22. The molecule has 2 fully saturated rings. The van der Waals surface area contributed by atoms with E-state index in [0.29, 0.717) is 48.8 Å². The molecule has 2 aromatic heterocycles. The fourth-order valence-corrected chi connectivity index (χ4v) is 3.57. The Morgan fingerprint density at radius 2 is 1.78 bits per heavy atom. The van der Waals surface area contributed by atoms with Crippen molar-refractivity contribution in [2.75, 3.05) is 13.2 Å². The summed E-state index contributed by atoms with van der Waals surface area (Å²) in [6.45, 7) is 1.32. The molecule has 0 bridgehead atoms. The molecule has 5 rings (SSSR count). The highest BCUT2D eigenvalue weighted by Gasteiger charge is 2.37. The van der Waals surface area contributed by atoms with Crippen molar-refractivity contribution in [3.8, 4) is 11.3 Å². The van der Waals surface area contributed by atoms with Crippen molar-refractivity contribution in [3.05, 3.63) is 53.9 Å². The number of ether oxygens (including phenoxy) is 1. The van der Waals surface area contributed by atoms with Crippen molar-refractivity contribution < 1.29 is 18.5 Å². The van der Waals surface area contributed by atoms with Gasteiger partial charge in [-0.2, -0.15) is 0 Å². The molecule has 1 aromatic carbocycles. The highest BCUT2D eigenvalue weighted by atomic mass is 16.5. The zero-order chi connectivity index (χ0) is 18.2. The molecule has 7 heteroatoms. The van der Waals surface area contributed by atoms with E-state index in [0.717, 1.165) is 18.4 Å². The predicted molar refractivity (Wildman–Crippen MR) is 94.2 cm³/mol. The molecule has 0 atom stereocenters. The van der Waals surface area contributed by atoms with Gasteiger partial charge in [-0.3, -0.25) is 4.79 Å². The molecule has 0 amide bonds. The normalized spacial score (nSPS) is 22.2. The van der Waals surface area contributed by atoms with Crippen LogP contribution in [-0.4, -0.2) is 34.4 Å². The molecule has 3 aromatic rings. The zero-order valence-corrected chi connectivity index (χ0v) is 14.7. The number of rotatable bonds is 6.